The van der Waals surface area contributed by atoms with Gasteiger partial charge in [0.1, 0.15) is 0 Å². The number of nitrogens with one attached hydrogen (secondary N) is 1. The topological polar surface area (TPSA) is 59.4 Å². The summed E-state index contributed by atoms with van der Waals surface area (Å²) in [5.74, 6) is -0.00694. The van der Waals surface area contributed by atoms with Crippen LogP contribution in [0.3, 0.4) is 0 Å². The molecule has 1 atom stereocenters. The van der Waals surface area contributed by atoms with Crippen LogP contribution in [0.15, 0.2) is 42.7 Å². The Bertz CT molecular complexity index is 612. The molecule has 6 nitrogen and oxygen atoms in total. The maximum atomic E-state index is 11.9. The lowest BCUT2D eigenvalue weighted by atomic mass is 10.3. The van der Waals surface area contributed by atoms with Crippen LogP contribution < -0.4 is 5.32 Å². The zero-order valence-corrected chi connectivity index (χ0v) is 13.9. The summed E-state index contributed by atoms with van der Waals surface area (Å²) >= 11 is 0. The molecule has 1 aromatic heterocycles. The van der Waals surface area contributed by atoms with Gasteiger partial charge in [-0.3, -0.25) is 9.69 Å². The van der Waals surface area contributed by atoms with Gasteiger partial charge >= 0.3 is 0 Å². The van der Waals surface area contributed by atoms with Gasteiger partial charge in [-0.1, -0.05) is 18.2 Å². The molecule has 0 aliphatic carbocycles. The molecule has 0 fully saturated rings. The van der Waals surface area contributed by atoms with Crippen LogP contribution in [0.2, 0.25) is 0 Å². The number of nitrogens with zero attached hydrogens (tertiary/aromatic N) is 3. The molecule has 2 aromatic rings. The molecule has 23 heavy (non-hydrogen) atoms. The van der Waals surface area contributed by atoms with Gasteiger partial charge in [0.05, 0.1) is 25.0 Å². The van der Waals surface area contributed by atoms with Gasteiger partial charge in [-0.25, -0.2) is 4.68 Å². The summed E-state index contributed by atoms with van der Waals surface area (Å²) < 4.78 is 6.85. The van der Waals surface area contributed by atoms with E-state index >= 15 is 0 Å². The molecule has 124 valence electrons. The Morgan fingerprint density at radius 1 is 1.39 bits per heavy atom. The first-order valence-electron chi connectivity index (χ1n) is 7.64. The normalized spacial score (nSPS) is 12.3. The Morgan fingerprint density at radius 2 is 2.13 bits per heavy atom. The molecule has 1 heterocycles. The lowest BCUT2D eigenvalue weighted by Gasteiger charge is -2.18. The van der Waals surface area contributed by atoms with Crippen molar-refractivity contribution in [2.45, 2.75) is 19.5 Å². The minimum absolute atomic E-state index is 0.00694. The van der Waals surface area contributed by atoms with Gasteiger partial charge < -0.3 is 10.1 Å². The van der Waals surface area contributed by atoms with Gasteiger partial charge in [-0.15, -0.1) is 0 Å². The van der Waals surface area contributed by atoms with E-state index in [-0.39, 0.29) is 11.9 Å². The second kappa shape index (κ2) is 8.45. The van der Waals surface area contributed by atoms with Gasteiger partial charge in [-0.05, 0) is 26.1 Å². The molecule has 0 aliphatic heterocycles. The number of likely N-dealkylation sites (N-methyl/N-ethyl adjacent to an activating group) is 1. The van der Waals surface area contributed by atoms with Crippen LogP contribution in [0.5, 0.6) is 0 Å². The fourth-order valence-electron chi connectivity index (χ4n) is 2.39. The van der Waals surface area contributed by atoms with Crippen molar-refractivity contribution < 1.29 is 9.53 Å². The molecule has 1 unspecified atom stereocenters. The van der Waals surface area contributed by atoms with Crippen LogP contribution in [0.1, 0.15) is 12.5 Å². The van der Waals surface area contributed by atoms with E-state index in [1.807, 2.05) is 66.3 Å². The Morgan fingerprint density at radius 3 is 2.83 bits per heavy atom. The van der Waals surface area contributed by atoms with Gasteiger partial charge in [0, 0.05) is 31.5 Å². The van der Waals surface area contributed by atoms with Crippen molar-refractivity contribution in [3.8, 4) is 5.69 Å². The quantitative estimate of drug-likeness (QED) is 0.801. The molecular weight excluding hydrogens is 292 g/mol. The summed E-state index contributed by atoms with van der Waals surface area (Å²) in [5, 5.41) is 7.27. The number of hydrogen-bond acceptors (Lipinski definition) is 4. The van der Waals surface area contributed by atoms with E-state index in [4.69, 9.17) is 4.74 Å². The zero-order chi connectivity index (χ0) is 16.7. The fourth-order valence-corrected chi connectivity index (χ4v) is 2.39. The van der Waals surface area contributed by atoms with Crippen LogP contribution in [0, 0.1) is 0 Å². The molecule has 0 bridgehead atoms. The first-order chi connectivity index (χ1) is 11.1. The minimum atomic E-state index is -0.00694. The van der Waals surface area contributed by atoms with Crippen molar-refractivity contribution in [1.29, 1.82) is 0 Å². The minimum Gasteiger partial charge on any atom is -0.383 e. The molecule has 0 saturated heterocycles. The molecule has 1 N–H and O–H groups in total. The molecule has 0 aliphatic rings. The highest BCUT2D eigenvalue weighted by atomic mass is 16.5. The van der Waals surface area contributed by atoms with E-state index < -0.39 is 0 Å². The molecule has 0 radical (unpaired) electrons. The van der Waals surface area contributed by atoms with Crippen molar-refractivity contribution >= 4 is 5.91 Å². The number of rotatable bonds is 8. The number of methoxy groups -OCH3 is 1. The van der Waals surface area contributed by atoms with Crippen molar-refractivity contribution in [3.63, 3.8) is 0 Å². The third kappa shape index (κ3) is 5.50. The third-order valence-corrected chi connectivity index (χ3v) is 3.35. The summed E-state index contributed by atoms with van der Waals surface area (Å²) in [4.78, 5) is 13.9. The summed E-state index contributed by atoms with van der Waals surface area (Å²) in [6.45, 7) is 3.44. The fraction of sp³-hybridized carbons (Fsp3) is 0.412. The van der Waals surface area contributed by atoms with Crippen molar-refractivity contribution in [3.05, 3.63) is 48.3 Å². The number of amides is 1. The first-order valence-corrected chi connectivity index (χ1v) is 7.64. The second-order valence-corrected chi connectivity index (χ2v) is 5.72. The van der Waals surface area contributed by atoms with Crippen molar-refractivity contribution in [1.82, 2.24) is 20.0 Å². The Hall–Kier alpha value is -2.18. The monoisotopic (exact) mass is 316 g/mol. The Labute approximate surface area is 137 Å². The Kier molecular flexibility index (Phi) is 6.31. The van der Waals surface area contributed by atoms with Gasteiger partial charge in [-0.2, -0.15) is 5.10 Å². The van der Waals surface area contributed by atoms with E-state index in [9.17, 15) is 4.79 Å². The highest BCUT2D eigenvalue weighted by Gasteiger charge is 2.11. The van der Waals surface area contributed by atoms with Gasteiger partial charge in [0.15, 0.2) is 0 Å². The number of benzene rings is 1. The molecule has 0 saturated carbocycles. The third-order valence-electron chi connectivity index (χ3n) is 3.35. The molecular formula is C17H24N4O2. The molecule has 6 heteroatoms. The average Bonchev–Trinajstić information content (AvgIpc) is 2.96. The predicted octanol–water partition coefficient (Wildman–Crippen LogP) is 1.46. The molecule has 1 amide bonds. The maximum absolute atomic E-state index is 11.9. The van der Waals surface area contributed by atoms with E-state index in [1.54, 1.807) is 7.11 Å². The van der Waals surface area contributed by atoms with E-state index in [0.717, 1.165) is 11.3 Å². The lowest BCUT2D eigenvalue weighted by molar-refractivity contribution is -0.123. The standard InChI is InChI=1S/C17H24N4O2/c1-14(13-23-3)19-17(22)12-20(2)10-15-9-18-21(11-15)16-7-5-4-6-8-16/h4-9,11,14H,10,12-13H2,1-3H3,(H,19,22). The summed E-state index contributed by atoms with van der Waals surface area (Å²) in [7, 11) is 3.54. The SMILES string of the molecule is COCC(C)NC(=O)CN(C)Cc1cnn(-c2ccccc2)c1. The lowest BCUT2D eigenvalue weighted by Crippen LogP contribution is -2.41. The van der Waals surface area contributed by atoms with E-state index in [2.05, 4.69) is 10.4 Å². The largest absolute Gasteiger partial charge is 0.383 e. The maximum Gasteiger partial charge on any atom is 0.234 e. The smallest absolute Gasteiger partial charge is 0.234 e. The van der Waals surface area contributed by atoms with Crippen molar-refractivity contribution in [2.24, 2.45) is 0 Å². The van der Waals surface area contributed by atoms with Crippen LogP contribution >= 0.6 is 0 Å². The van der Waals surface area contributed by atoms with E-state index in [1.165, 1.54) is 0 Å². The summed E-state index contributed by atoms with van der Waals surface area (Å²) in [6.07, 6.45) is 3.81. The first kappa shape index (κ1) is 17.2. The summed E-state index contributed by atoms with van der Waals surface area (Å²) in [5.41, 5.74) is 2.08. The number of carbonyl (C=O) groups excluding carboxylic acids is 1. The Balaban J connectivity index is 1.85. The molecule has 0 spiro atoms. The number of ether oxygens (including phenoxy) is 1. The van der Waals surface area contributed by atoms with E-state index in [0.29, 0.717) is 19.7 Å². The number of aromatic nitrogens is 2. The van der Waals surface area contributed by atoms with Crippen LogP contribution in [-0.2, 0) is 16.1 Å². The van der Waals surface area contributed by atoms with Crippen LogP contribution in [-0.4, -0.2) is 53.9 Å². The highest BCUT2D eigenvalue weighted by molar-refractivity contribution is 5.78. The second-order valence-electron chi connectivity index (χ2n) is 5.72. The average molecular weight is 316 g/mol. The zero-order valence-electron chi connectivity index (χ0n) is 13.9. The highest BCUT2D eigenvalue weighted by Crippen LogP contribution is 2.08. The van der Waals surface area contributed by atoms with Crippen LogP contribution in [0.4, 0.5) is 0 Å². The van der Waals surface area contributed by atoms with Crippen molar-refractivity contribution in [2.75, 3.05) is 27.3 Å². The number of carbonyl (C=O) groups is 1. The van der Waals surface area contributed by atoms with Gasteiger partial charge in [0.2, 0.25) is 5.91 Å². The van der Waals surface area contributed by atoms with Gasteiger partial charge in [0.25, 0.3) is 0 Å². The molecule has 1 aromatic carbocycles. The number of para-hydroxylation sites is 1. The molecule has 2 rings (SSSR count). The number of hydrogen-bond donors (Lipinski definition) is 1. The van der Waals surface area contributed by atoms with Crippen LogP contribution in [0.25, 0.3) is 5.69 Å². The predicted molar refractivity (Wildman–Crippen MR) is 89.4 cm³/mol. The summed E-state index contributed by atoms with van der Waals surface area (Å²) in [6, 6.07) is 9.96.